The smallest absolute Gasteiger partial charge is 0.0244 e. The third-order valence-electron chi connectivity index (χ3n) is 2.96. The van der Waals surface area contributed by atoms with Crippen molar-refractivity contribution in [2.75, 3.05) is 13.1 Å². The van der Waals surface area contributed by atoms with Gasteiger partial charge in [0.25, 0.3) is 0 Å². The van der Waals surface area contributed by atoms with Gasteiger partial charge in [-0.25, -0.2) is 0 Å². The molecule has 0 saturated heterocycles. The Kier molecular flexibility index (Phi) is 6.35. The minimum atomic E-state index is 0.542. The Labute approximate surface area is 83.5 Å². The Morgan fingerprint density at radius 2 is 1.69 bits per heavy atom. The van der Waals surface area contributed by atoms with E-state index in [0.29, 0.717) is 18.0 Å². The molecule has 2 N–H and O–H groups in total. The number of rotatable bonds is 6. The molecule has 0 amide bonds. The fourth-order valence-corrected chi connectivity index (χ4v) is 1.90. The molecule has 0 aromatic rings. The number of hydrogen-bond donors (Lipinski definition) is 1. The summed E-state index contributed by atoms with van der Waals surface area (Å²) < 4.78 is 0. The molecule has 0 aromatic heterocycles. The van der Waals surface area contributed by atoms with E-state index < -0.39 is 0 Å². The second-order valence-electron chi connectivity index (χ2n) is 4.13. The zero-order valence-corrected chi connectivity index (χ0v) is 9.88. The Morgan fingerprint density at radius 3 is 1.92 bits per heavy atom. The molecule has 80 valence electrons. The molecule has 0 aromatic carbocycles. The molecule has 0 heterocycles. The number of hydrogen-bond acceptors (Lipinski definition) is 2. The standard InChI is InChI=1S/C11H26N2/c1-6-10(5)13(7-2)11(8-12)9(3)4/h9-11H,6-8,12H2,1-5H3. The lowest BCUT2D eigenvalue weighted by Crippen LogP contribution is -2.48. The first-order valence-electron chi connectivity index (χ1n) is 5.54. The molecule has 0 aliphatic rings. The molecule has 2 nitrogen and oxygen atoms in total. The zero-order valence-electron chi connectivity index (χ0n) is 9.88. The summed E-state index contributed by atoms with van der Waals surface area (Å²) in [5, 5.41) is 0. The van der Waals surface area contributed by atoms with Crippen molar-refractivity contribution >= 4 is 0 Å². The highest BCUT2D eigenvalue weighted by Crippen LogP contribution is 2.14. The van der Waals surface area contributed by atoms with Crippen LogP contribution in [-0.4, -0.2) is 30.1 Å². The highest BCUT2D eigenvalue weighted by Gasteiger charge is 2.22. The van der Waals surface area contributed by atoms with E-state index in [9.17, 15) is 0 Å². The maximum absolute atomic E-state index is 5.80. The predicted octanol–water partition coefficient (Wildman–Crippen LogP) is 2.09. The highest BCUT2D eigenvalue weighted by molar-refractivity contribution is 4.78. The van der Waals surface area contributed by atoms with Crippen LogP contribution in [0, 0.1) is 5.92 Å². The van der Waals surface area contributed by atoms with E-state index >= 15 is 0 Å². The molecule has 0 saturated carbocycles. The molecular formula is C11H26N2. The van der Waals surface area contributed by atoms with Crippen LogP contribution in [-0.2, 0) is 0 Å². The Balaban J connectivity index is 4.33. The van der Waals surface area contributed by atoms with Crippen LogP contribution in [0.25, 0.3) is 0 Å². The van der Waals surface area contributed by atoms with Crippen molar-refractivity contribution in [1.82, 2.24) is 4.90 Å². The normalized spacial score (nSPS) is 16.6. The summed E-state index contributed by atoms with van der Waals surface area (Å²) in [6, 6.07) is 1.20. The molecule has 2 heteroatoms. The molecule has 2 atom stereocenters. The van der Waals surface area contributed by atoms with Crippen LogP contribution in [0.1, 0.15) is 41.0 Å². The molecule has 0 aliphatic heterocycles. The first-order chi connectivity index (χ1) is 6.08. The van der Waals surface area contributed by atoms with Gasteiger partial charge in [-0.1, -0.05) is 27.7 Å². The van der Waals surface area contributed by atoms with Gasteiger partial charge in [0, 0.05) is 18.6 Å². The number of nitrogens with zero attached hydrogens (tertiary/aromatic N) is 1. The second-order valence-corrected chi connectivity index (χ2v) is 4.13. The van der Waals surface area contributed by atoms with E-state index in [1.807, 2.05) is 0 Å². The van der Waals surface area contributed by atoms with Crippen molar-refractivity contribution in [3.8, 4) is 0 Å². The molecule has 0 spiro atoms. The monoisotopic (exact) mass is 186 g/mol. The van der Waals surface area contributed by atoms with Crippen molar-refractivity contribution in [1.29, 1.82) is 0 Å². The number of nitrogens with two attached hydrogens (primary N) is 1. The van der Waals surface area contributed by atoms with Gasteiger partial charge in [0.05, 0.1) is 0 Å². The van der Waals surface area contributed by atoms with Gasteiger partial charge in [0.2, 0.25) is 0 Å². The summed E-state index contributed by atoms with van der Waals surface area (Å²) in [6.45, 7) is 13.1. The summed E-state index contributed by atoms with van der Waals surface area (Å²) >= 11 is 0. The molecule has 0 rings (SSSR count). The fraction of sp³-hybridized carbons (Fsp3) is 1.00. The predicted molar refractivity (Wildman–Crippen MR) is 59.8 cm³/mol. The summed E-state index contributed by atoms with van der Waals surface area (Å²) in [7, 11) is 0. The summed E-state index contributed by atoms with van der Waals surface area (Å²) in [5.74, 6) is 0.652. The Morgan fingerprint density at radius 1 is 1.15 bits per heavy atom. The summed E-state index contributed by atoms with van der Waals surface area (Å²) in [5.41, 5.74) is 5.80. The molecule has 0 fully saturated rings. The van der Waals surface area contributed by atoms with Crippen LogP contribution in [0.15, 0.2) is 0 Å². The van der Waals surface area contributed by atoms with Gasteiger partial charge < -0.3 is 5.73 Å². The zero-order chi connectivity index (χ0) is 10.4. The van der Waals surface area contributed by atoms with Gasteiger partial charge >= 0.3 is 0 Å². The minimum Gasteiger partial charge on any atom is -0.329 e. The molecule has 0 bridgehead atoms. The lowest BCUT2D eigenvalue weighted by atomic mass is 10.0. The van der Waals surface area contributed by atoms with Crippen molar-refractivity contribution in [2.45, 2.75) is 53.1 Å². The number of likely N-dealkylation sites (N-methyl/N-ethyl adjacent to an activating group) is 1. The maximum Gasteiger partial charge on any atom is 0.0244 e. The maximum atomic E-state index is 5.80. The first kappa shape index (κ1) is 12.9. The third kappa shape index (κ3) is 3.65. The van der Waals surface area contributed by atoms with Gasteiger partial charge in [0.15, 0.2) is 0 Å². The van der Waals surface area contributed by atoms with Gasteiger partial charge in [-0.05, 0) is 25.8 Å². The van der Waals surface area contributed by atoms with Crippen LogP contribution < -0.4 is 5.73 Å². The average molecular weight is 186 g/mol. The quantitative estimate of drug-likeness (QED) is 0.688. The van der Waals surface area contributed by atoms with Crippen molar-refractivity contribution < 1.29 is 0 Å². The lowest BCUT2D eigenvalue weighted by Gasteiger charge is -2.37. The van der Waals surface area contributed by atoms with Crippen LogP contribution in [0.5, 0.6) is 0 Å². The van der Waals surface area contributed by atoms with Crippen molar-refractivity contribution in [2.24, 2.45) is 11.7 Å². The van der Waals surface area contributed by atoms with Crippen LogP contribution in [0.4, 0.5) is 0 Å². The van der Waals surface area contributed by atoms with Crippen LogP contribution in [0.2, 0.25) is 0 Å². The van der Waals surface area contributed by atoms with E-state index in [1.165, 1.54) is 6.42 Å². The van der Waals surface area contributed by atoms with E-state index in [4.69, 9.17) is 5.73 Å². The van der Waals surface area contributed by atoms with Crippen molar-refractivity contribution in [3.63, 3.8) is 0 Å². The third-order valence-corrected chi connectivity index (χ3v) is 2.96. The average Bonchev–Trinajstić information content (AvgIpc) is 2.12. The molecule has 0 radical (unpaired) electrons. The molecular weight excluding hydrogens is 160 g/mol. The van der Waals surface area contributed by atoms with Gasteiger partial charge in [-0.15, -0.1) is 0 Å². The summed E-state index contributed by atoms with van der Waals surface area (Å²) in [6.07, 6.45) is 1.21. The Bertz CT molecular complexity index is 123. The molecule has 2 unspecified atom stereocenters. The first-order valence-corrected chi connectivity index (χ1v) is 5.54. The van der Waals surface area contributed by atoms with E-state index in [2.05, 4.69) is 39.5 Å². The van der Waals surface area contributed by atoms with E-state index in [-0.39, 0.29) is 0 Å². The molecule has 13 heavy (non-hydrogen) atoms. The summed E-state index contributed by atoms with van der Waals surface area (Å²) in [4.78, 5) is 2.52. The van der Waals surface area contributed by atoms with Gasteiger partial charge in [0.1, 0.15) is 0 Å². The van der Waals surface area contributed by atoms with Crippen LogP contribution in [0.3, 0.4) is 0 Å². The highest BCUT2D eigenvalue weighted by atomic mass is 15.2. The topological polar surface area (TPSA) is 29.3 Å². The fourth-order valence-electron chi connectivity index (χ4n) is 1.90. The largest absolute Gasteiger partial charge is 0.329 e. The minimum absolute atomic E-state index is 0.542. The van der Waals surface area contributed by atoms with Crippen molar-refractivity contribution in [3.05, 3.63) is 0 Å². The van der Waals surface area contributed by atoms with Crippen LogP contribution >= 0.6 is 0 Å². The van der Waals surface area contributed by atoms with Gasteiger partial charge in [-0.3, -0.25) is 4.90 Å². The van der Waals surface area contributed by atoms with Gasteiger partial charge in [-0.2, -0.15) is 0 Å². The van der Waals surface area contributed by atoms with E-state index in [1.54, 1.807) is 0 Å². The second kappa shape index (κ2) is 6.39. The molecule has 0 aliphatic carbocycles. The SMILES string of the molecule is CCC(C)N(CC)C(CN)C(C)C. The lowest BCUT2D eigenvalue weighted by molar-refractivity contribution is 0.118. The van der Waals surface area contributed by atoms with E-state index in [0.717, 1.165) is 13.1 Å². The Hall–Kier alpha value is -0.0800.